The molecule has 0 aromatic heterocycles. The molecule has 1 amide bonds. The normalized spacial score (nSPS) is 15.9. The minimum Gasteiger partial charge on any atom is -0.397 e. The molecule has 1 heterocycles. The third-order valence-electron chi connectivity index (χ3n) is 4.31. The zero-order valence-corrected chi connectivity index (χ0v) is 12.8. The van der Waals surface area contributed by atoms with E-state index < -0.39 is 0 Å². The molecule has 1 aliphatic heterocycles. The van der Waals surface area contributed by atoms with Crippen LogP contribution in [0, 0.1) is 0 Å². The summed E-state index contributed by atoms with van der Waals surface area (Å²) in [5, 5.41) is 2.93. The molecule has 3 N–H and O–H groups in total. The van der Waals surface area contributed by atoms with E-state index in [1.54, 1.807) is 6.07 Å². The first kappa shape index (κ1) is 14.6. The van der Waals surface area contributed by atoms with E-state index in [1.165, 1.54) is 11.1 Å². The maximum Gasteiger partial charge on any atom is 0.241 e. The Morgan fingerprint density at radius 1 is 1.14 bits per heavy atom. The Labute approximate surface area is 130 Å². The lowest BCUT2D eigenvalue weighted by molar-refractivity contribution is -0.121. The summed E-state index contributed by atoms with van der Waals surface area (Å²) >= 11 is 0. The number of carbonyl (C=O) groups excluding carboxylic acids is 1. The summed E-state index contributed by atoms with van der Waals surface area (Å²) in [6.07, 6.45) is 0.987. The first-order valence-corrected chi connectivity index (χ1v) is 7.61. The van der Waals surface area contributed by atoms with Crippen LogP contribution in [0.2, 0.25) is 0 Å². The van der Waals surface area contributed by atoms with Crippen molar-refractivity contribution >= 4 is 17.3 Å². The number of anilines is 2. The van der Waals surface area contributed by atoms with E-state index in [0.717, 1.165) is 19.5 Å². The molecule has 0 bridgehead atoms. The van der Waals surface area contributed by atoms with Crippen LogP contribution in [0.5, 0.6) is 0 Å². The van der Waals surface area contributed by atoms with Gasteiger partial charge in [-0.3, -0.25) is 9.69 Å². The predicted octanol–water partition coefficient (Wildman–Crippen LogP) is 2.65. The molecule has 2 aromatic rings. The lowest BCUT2D eigenvalue weighted by Gasteiger charge is -2.32. The smallest absolute Gasteiger partial charge is 0.241 e. The Hall–Kier alpha value is -2.33. The lowest BCUT2D eigenvalue weighted by Crippen LogP contribution is -2.44. The van der Waals surface area contributed by atoms with Crippen LogP contribution in [0.1, 0.15) is 18.1 Å². The van der Waals surface area contributed by atoms with Crippen molar-refractivity contribution in [3.05, 3.63) is 59.7 Å². The van der Waals surface area contributed by atoms with Gasteiger partial charge >= 0.3 is 0 Å². The predicted molar refractivity (Wildman–Crippen MR) is 89.5 cm³/mol. The van der Waals surface area contributed by atoms with E-state index in [1.807, 2.05) is 25.1 Å². The van der Waals surface area contributed by atoms with Crippen molar-refractivity contribution in [3.63, 3.8) is 0 Å². The second-order valence-corrected chi connectivity index (χ2v) is 5.74. The third-order valence-corrected chi connectivity index (χ3v) is 4.31. The van der Waals surface area contributed by atoms with Gasteiger partial charge in [0.05, 0.1) is 17.4 Å². The van der Waals surface area contributed by atoms with Crippen molar-refractivity contribution in [2.75, 3.05) is 17.6 Å². The number of hydrogen-bond donors (Lipinski definition) is 2. The van der Waals surface area contributed by atoms with Crippen LogP contribution in [-0.4, -0.2) is 23.4 Å². The topological polar surface area (TPSA) is 58.4 Å². The molecule has 2 aromatic carbocycles. The van der Waals surface area contributed by atoms with Crippen molar-refractivity contribution in [1.29, 1.82) is 0 Å². The van der Waals surface area contributed by atoms with Gasteiger partial charge in [-0.25, -0.2) is 0 Å². The maximum atomic E-state index is 12.5. The number of nitrogen functional groups attached to an aromatic ring is 1. The fourth-order valence-corrected chi connectivity index (χ4v) is 2.86. The van der Waals surface area contributed by atoms with E-state index in [2.05, 4.69) is 34.5 Å². The number of carbonyl (C=O) groups is 1. The molecular formula is C18H21N3O. The van der Waals surface area contributed by atoms with Gasteiger partial charge in [0.25, 0.3) is 0 Å². The van der Waals surface area contributed by atoms with E-state index >= 15 is 0 Å². The summed E-state index contributed by atoms with van der Waals surface area (Å²) in [7, 11) is 0. The number of nitrogens with two attached hydrogens (primary N) is 1. The van der Waals surface area contributed by atoms with E-state index in [4.69, 9.17) is 5.73 Å². The molecule has 0 saturated heterocycles. The molecule has 3 rings (SSSR count). The Morgan fingerprint density at radius 3 is 2.59 bits per heavy atom. The van der Waals surface area contributed by atoms with Gasteiger partial charge in [-0.15, -0.1) is 0 Å². The molecule has 1 unspecified atom stereocenters. The van der Waals surface area contributed by atoms with Crippen LogP contribution in [0.3, 0.4) is 0 Å². The highest BCUT2D eigenvalue weighted by atomic mass is 16.2. The number of rotatable bonds is 3. The van der Waals surface area contributed by atoms with Gasteiger partial charge in [-0.1, -0.05) is 36.4 Å². The zero-order valence-electron chi connectivity index (χ0n) is 12.8. The number of amides is 1. The molecule has 0 radical (unpaired) electrons. The van der Waals surface area contributed by atoms with Crippen LogP contribution in [-0.2, 0) is 17.8 Å². The summed E-state index contributed by atoms with van der Waals surface area (Å²) in [6.45, 7) is 3.66. The Morgan fingerprint density at radius 2 is 1.82 bits per heavy atom. The Kier molecular flexibility index (Phi) is 4.11. The highest BCUT2D eigenvalue weighted by Gasteiger charge is 2.25. The second-order valence-electron chi connectivity index (χ2n) is 5.74. The van der Waals surface area contributed by atoms with Gasteiger partial charge < -0.3 is 11.1 Å². The maximum absolute atomic E-state index is 12.5. The van der Waals surface area contributed by atoms with Crippen molar-refractivity contribution in [2.45, 2.75) is 25.9 Å². The molecule has 22 heavy (non-hydrogen) atoms. The first-order chi connectivity index (χ1) is 10.6. The number of nitrogens with zero attached hydrogens (tertiary/aromatic N) is 1. The molecule has 1 aliphatic rings. The van der Waals surface area contributed by atoms with Crippen LogP contribution < -0.4 is 11.1 Å². The summed E-state index contributed by atoms with van der Waals surface area (Å²) in [5.41, 5.74) is 9.85. The summed E-state index contributed by atoms with van der Waals surface area (Å²) in [5.74, 6) is -0.0164. The van der Waals surface area contributed by atoms with Gasteiger partial charge in [0.2, 0.25) is 5.91 Å². The van der Waals surface area contributed by atoms with Gasteiger partial charge in [-0.2, -0.15) is 0 Å². The van der Waals surface area contributed by atoms with Crippen LogP contribution in [0.15, 0.2) is 48.5 Å². The standard InChI is InChI=1S/C18H21N3O/c1-13(18(22)20-17-9-5-4-8-16(17)19)21-11-10-14-6-2-3-7-15(14)12-21/h2-9,13H,10-12,19H2,1H3,(H,20,22). The highest BCUT2D eigenvalue weighted by Crippen LogP contribution is 2.22. The average Bonchev–Trinajstić information content (AvgIpc) is 2.55. The lowest BCUT2D eigenvalue weighted by atomic mass is 9.99. The van der Waals surface area contributed by atoms with Crippen LogP contribution in [0.4, 0.5) is 11.4 Å². The molecule has 0 spiro atoms. The van der Waals surface area contributed by atoms with Crippen molar-refractivity contribution in [3.8, 4) is 0 Å². The Balaban J connectivity index is 1.68. The van der Waals surface area contributed by atoms with Crippen molar-refractivity contribution in [2.24, 2.45) is 0 Å². The zero-order chi connectivity index (χ0) is 15.5. The van der Waals surface area contributed by atoms with E-state index in [-0.39, 0.29) is 11.9 Å². The fraction of sp³-hybridized carbons (Fsp3) is 0.278. The van der Waals surface area contributed by atoms with Crippen molar-refractivity contribution in [1.82, 2.24) is 4.90 Å². The van der Waals surface area contributed by atoms with Gasteiger partial charge in [0, 0.05) is 13.1 Å². The first-order valence-electron chi connectivity index (χ1n) is 7.61. The minimum atomic E-state index is -0.187. The minimum absolute atomic E-state index is 0.0164. The highest BCUT2D eigenvalue weighted by molar-refractivity contribution is 5.97. The summed E-state index contributed by atoms with van der Waals surface area (Å²) in [4.78, 5) is 14.7. The molecule has 0 aliphatic carbocycles. The van der Waals surface area contributed by atoms with E-state index in [0.29, 0.717) is 11.4 Å². The molecule has 0 saturated carbocycles. The second kappa shape index (κ2) is 6.20. The van der Waals surface area contributed by atoms with Crippen LogP contribution in [0.25, 0.3) is 0 Å². The quantitative estimate of drug-likeness (QED) is 0.856. The monoisotopic (exact) mass is 295 g/mol. The largest absolute Gasteiger partial charge is 0.397 e. The molecule has 114 valence electrons. The Bertz CT molecular complexity index is 684. The number of hydrogen-bond acceptors (Lipinski definition) is 3. The number of benzene rings is 2. The van der Waals surface area contributed by atoms with Gasteiger partial charge in [0.15, 0.2) is 0 Å². The summed E-state index contributed by atoms with van der Waals surface area (Å²) < 4.78 is 0. The number of fused-ring (bicyclic) bond motifs is 1. The fourth-order valence-electron chi connectivity index (χ4n) is 2.86. The average molecular weight is 295 g/mol. The van der Waals surface area contributed by atoms with Crippen LogP contribution >= 0.6 is 0 Å². The molecule has 4 nitrogen and oxygen atoms in total. The molecular weight excluding hydrogens is 274 g/mol. The molecule has 1 atom stereocenters. The van der Waals surface area contributed by atoms with Crippen molar-refractivity contribution < 1.29 is 4.79 Å². The SMILES string of the molecule is CC(C(=O)Nc1ccccc1N)N1CCc2ccccc2C1. The van der Waals surface area contributed by atoms with Gasteiger partial charge in [-0.05, 0) is 36.6 Å². The molecule has 4 heteroatoms. The van der Waals surface area contributed by atoms with E-state index in [9.17, 15) is 4.79 Å². The summed E-state index contributed by atoms with van der Waals surface area (Å²) in [6, 6.07) is 15.6. The van der Waals surface area contributed by atoms with Gasteiger partial charge in [0.1, 0.15) is 0 Å². The number of nitrogens with one attached hydrogen (secondary N) is 1. The number of para-hydroxylation sites is 2. The molecule has 0 fully saturated rings. The third kappa shape index (κ3) is 2.97.